The quantitative estimate of drug-likeness (QED) is 0.604. The lowest BCUT2D eigenvalue weighted by Crippen LogP contribution is -2.34. The number of ether oxygens (including phenoxy) is 1. The Kier molecular flexibility index (Phi) is 3.61. The van der Waals surface area contributed by atoms with Gasteiger partial charge >= 0.3 is 0 Å². The fourth-order valence-electron chi connectivity index (χ4n) is 3.49. The van der Waals surface area contributed by atoms with Crippen molar-refractivity contribution in [2.45, 2.75) is 0 Å². The third-order valence-corrected chi connectivity index (χ3v) is 4.93. The zero-order chi connectivity index (χ0) is 18.4. The van der Waals surface area contributed by atoms with Crippen molar-refractivity contribution in [1.29, 1.82) is 0 Å². The molecule has 136 valence electrons. The maximum atomic E-state index is 5.66. The Balaban J connectivity index is 1.57. The summed E-state index contributed by atoms with van der Waals surface area (Å²) in [6.45, 7) is 7.47. The molecule has 0 amide bonds. The number of nitrogens with two attached hydrogens (primary N) is 1. The Labute approximate surface area is 155 Å². The van der Waals surface area contributed by atoms with E-state index in [-0.39, 0.29) is 6.01 Å². The molecule has 27 heavy (non-hydrogen) atoms. The molecule has 0 aliphatic carbocycles. The highest BCUT2D eigenvalue weighted by Gasteiger charge is 2.15. The minimum absolute atomic E-state index is 0.171. The van der Waals surface area contributed by atoms with Gasteiger partial charge < -0.3 is 19.8 Å². The summed E-state index contributed by atoms with van der Waals surface area (Å²) in [7, 11) is 0. The number of benzene rings is 1. The number of oxazole rings is 1. The van der Waals surface area contributed by atoms with E-state index in [1.165, 1.54) is 0 Å². The van der Waals surface area contributed by atoms with Crippen LogP contribution < -0.4 is 5.73 Å². The minimum Gasteiger partial charge on any atom is -0.424 e. The van der Waals surface area contributed by atoms with E-state index in [0.29, 0.717) is 5.58 Å². The molecule has 4 aromatic rings. The number of morpholine rings is 1. The first-order chi connectivity index (χ1) is 13.2. The Morgan fingerprint density at radius 2 is 2.00 bits per heavy atom. The number of anilines is 1. The maximum absolute atomic E-state index is 5.66. The Morgan fingerprint density at radius 3 is 2.85 bits per heavy atom. The van der Waals surface area contributed by atoms with E-state index in [2.05, 4.69) is 38.1 Å². The molecule has 4 heterocycles. The first kappa shape index (κ1) is 15.9. The Hall–Kier alpha value is -3.32. The van der Waals surface area contributed by atoms with Crippen LogP contribution in [0.15, 0.2) is 53.7 Å². The van der Waals surface area contributed by atoms with Gasteiger partial charge in [-0.25, -0.2) is 4.98 Å². The van der Waals surface area contributed by atoms with Gasteiger partial charge in [0.25, 0.3) is 6.01 Å². The standard InChI is InChI=1S/C20H19N5O2/c1-13(24-6-8-26-9-7-24)15-3-5-19-22-11-17(25(19)12-15)14-2-4-18-16(10-14)23-20(21)27-18/h2-5,10-12H,1,6-9H2,(H2,21,23). The van der Waals surface area contributed by atoms with E-state index in [1.807, 2.05) is 30.5 Å². The summed E-state index contributed by atoms with van der Waals surface area (Å²) >= 11 is 0. The van der Waals surface area contributed by atoms with Gasteiger partial charge in [0.05, 0.1) is 25.1 Å². The second-order valence-electron chi connectivity index (χ2n) is 6.57. The van der Waals surface area contributed by atoms with Crippen LogP contribution >= 0.6 is 0 Å². The number of pyridine rings is 1. The van der Waals surface area contributed by atoms with E-state index in [0.717, 1.165) is 60.0 Å². The van der Waals surface area contributed by atoms with Crippen LogP contribution in [0.25, 0.3) is 33.7 Å². The highest BCUT2D eigenvalue weighted by molar-refractivity contribution is 5.81. The molecule has 1 aromatic carbocycles. The lowest BCUT2D eigenvalue weighted by Gasteiger charge is -2.30. The molecular weight excluding hydrogens is 342 g/mol. The number of nitrogen functional groups attached to an aromatic ring is 1. The second kappa shape index (κ2) is 6.14. The van der Waals surface area contributed by atoms with Crippen molar-refractivity contribution in [3.05, 3.63) is 54.9 Å². The van der Waals surface area contributed by atoms with Gasteiger partial charge in [-0.2, -0.15) is 4.98 Å². The third-order valence-electron chi connectivity index (χ3n) is 4.93. The number of imidazole rings is 1. The SMILES string of the molecule is C=C(c1ccc2ncc(-c3ccc4oc(N)nc4c3)n2c1)N1CCOCC1. The van der Waals surface area contributed by atoms with Crippen LogP contribution in [-0.4, -0.2) is 45.6 Å². The molecule has 0 radical (unpaired) electrons. The summed E-state index contributed by atoms with van der Waals surface area (Å²) in [6.07, 6.45) is 3.94. The molecule has 7 nitrogen and oxygen atoms in total. The molecule has 0 saturated carbocycles. The van der Waals surface area contributed by atoms with Gasteiger partial charge in [-0.1, -0.05) is 6.58 Å². The van der Waals surface area contributed by atoms with Crippen molar-refractivity contribution in [2.75, 3.05) is 32.0 Å². The zero-order valence-corrected chi connectivity index (χ0v) is 14.8. The van der Waals surface area contributed by atoms with Crippen molar-refractivity contribution in [3.8, 4) is 11.3 Å². The van der Waals surface area contributed by atoms with Crippen LogP contribution in [0.4, 0.5) is 6.01 Å². The van der Waals surface area contributed by atoms with Crippen molar-refractivity contribution >= 4 is 28.5 Å². The van der Waals surface area contributed by atoms with E-state index < -0.39 is 0 Å². The highest BCUT2D eigenvalue weighted by Crippen LogP contribution is 2.27. The van der Waals surface area contributed by atoms with Gasteiger partial charge in [0.15, 0.2) is 5.58 Å². The van der Waals surface area contributed by atoms with Crippen LogP contribution in [0.1, 0.15) is 5.56 Å². The monoisotopic (exact) mass is 361 g/mol. The smallest absolute Gasteiger partial charge is 0.292 e. The largest absolute Gasteiger partial charge is 0.424 e. The van der Waals surface area contributed by atoms with Crippen LogP contribution in [0.2, 0.25) is 0 Å². The first-order valence-corrected chi connectivity index (χ1v) is 8.84. The zero-order valence-electron chi connectivity index (χ0n) is 14.8. The third kappa shape index (κ3) is 2.72. The molecular formula is C20H19N5O2. The van der Waals surface area contributed by atoms with Crippen molar-refractivity contribution < 1.29 is 9.15 Å². The molecule has 3 aromatic heterocycles. The van der Waals surface area contributed by atoms with Crippen molar-refractivity contribution in [1.82, 2.24) is 19.3 Å². The molecule has 0 spiro atoms. The molecule has 2 N–H and O–H groups in total. The van der Waals surface area contributed by atoms with Crippen molar-refractivity contribution in [3.63, 3.8) is 0 Å². The number of hydrogen-bond acceptors (Lipinski definition) is 6. The summed E-state index contributed by atoms with van der Waals surface area (Å²) in [4.78, 5) is 11.0. The molecule has 5 rings (SSSR count). The van der Waals surface area contributed by atoms with E-state index in [4.69, 9.17) is 14.9 Å². The number of rotatable bonds is 3. The maximum Gasteiger partial charge on any atom is 0.292 e. The molecule has 7 heteroatoms. The fraction of sp³-hybridized carbons (Fsp3) is 0.200. The second-order valence-corrected chi connectivity index (χ2v) is 6.57. The Morgan fingerprint density at radius 1 is 1.15 bits per heavy atom. The minimum atomic E-state index is 0.171. The summed E-state index contributed by atoms with van der Waals surface area (Å²) < 4.78 is 12.9. The van der Waals surface area contributed by atoms with E-state index in [1.54, 1.807) is 0 Å². The Bertz CT molecular complexity index is 1150. The van der Waals surface area contributed by atoms with Crippen LogP contribution in [0.3, 0.4) is 0 Å². The highest BCUT2D eigenvalue weighted by atomic mass is 16.5. The number of fused-ring (bicyclic) bond motifs is 2. The molecule has 1 fully saturated rings. The topological polar surface area (TPSA) is 81.8 Å². The van der Waals surface area contributed by atoms with Gasteiger partial charge in [-0.05, 0) is 30.3 Å². The van der Waals surface area contributed by atoms with E-state index in [9.17, 15) is 0 Å². The summed E-state index contributed by atoms with van der Waals surface area (Å²) in [5.74, 6) is 0. The molecule has 0 bridgehead atoms. The van der Waals surface area contributed by atoms with Gasteiger partial charge in [0.1, 0.15) is 11.2 Å². The molecule has 0 unspecified atom stereocenters. The predicted molar refractivity (Wildman–Crippen MR) is 104 cm³/mol. The van der Waals surface area contributed by atoms with Gasteiger partial charge in [0, 0.05) is 36.1 Å². The first-order valence-electron chi connectivity index (χ1n) is 8.84. The van der Waals surface area contributed by atoms with Crippen LogP contribution in [0, 0.1) is 0 Å². The number of aromatic nitrogens is 3. The summed E-state index contributed by atoms with van der Waals surface area (Å²) in [6, 6.07) is 10.1. The van der Waals surface area contributed by atoms with Gasteiger partial charge in [-0.3, -0.25) is 4.40 Å². The molecule has 1 aliphatic rings. The van der Waals surface area contributed by atoms with Crippen LogP contribution in [0.5, 0.6) is 0 Å². The molecule has 1 aliphatic heterocycles. The van der Waals surface area contributed by atoms with Gasteiger partial charge in [-0.15, -0.1) is 0 Å². The average molecular weight is 361 g/mol. The van der Waals surface area contributed by atoms with Crippen molar-refractivity contribution in [2.24, 2.45) is 0 Å². The predicted octanol–water partition coefficient (Wildman–Crippen LogP) is 3.03. The normalized spacial score (nSPS) is 14.9. The van der Waals surface area contributed by atoms with E-state index >= 15 is 0 Å². The average Bonchev–Trinajstić information content (AvgIpc) is 3.29. The number of hydrogen-bond donors (Lipinski definition) is 1. The summed E-state index contributed by atoms with van der Waals surface area (Å²) in [5.41, 5.74) is 12.0. The summed E-state index contributed by atoms with van der Waals surface area (Å²) in [5, 5.41) is 0. The van der Waals surface area contributed by atoms with Crippen LogP contribution in [-0.2, 0) is 4.74 Å². The molecule has 0 atom stereocenters. The fourth-order valence-corrected chi connectivity index (χ4v) is 3.49. The lowest BCUT2D eigenvalue weighted by molar-refractivity contribution is 0.0641. The lowest BCUT2D eigenvalue weighted by atomic mass is 10.1. The molecule has 1 saturated heterocycles. The van der Waals surface area contributed by atoms with Gasteiger partial charge in [0.2, 0.25) is 0 Å². The number of nitrogens with zero attached hydrogens (tertiary/aromatic N) is 4.